The third kappa shape index (κ3) is 3.92. The molecule has 0 N–H and O–H groups in total. The minimum absolute atomic E-state index is 0.316. The van der Waals surface area contributed by atoms with E-state index in [-0.39, 0.29) is 11.2 Å². The van der Waals surface area contributed by atoms with Gasteiger partial charge in [-0.15, -0.1) is 0 Å². The lowest BCUT2D eigenvalue weighted by Crippen LogP contribution is -2.41. The van der Waals surface area contributed by atoms with Gasteiger partial charge in [-0.3, -0.25) is 0 Å². The molecule has 1 aliphatic carbocycles. The molecule has 2 aliphatic rings. The molecule has 6 heteroatoms. The summed E-state index contributed by atoms with van der Waals surface area (Å²) in [4.78, 5) is 0. The maximum Gasteiger partial charge on any atom is 0.495 e. The predicted molar refractivity (Wildman–Crippen MR) is 107 cm³/mol. The Bertz CT molecular complexity index is 739. The Hall–Kier alpha value is -1.11. The standard InChI is InChI=1S/C20H25BBrFO3/c1-18(2)19(3,4)26-21(25-18)17-7-6-16(12-14(17)13-22)24-15-8-10-20(5,23)11-9-15/h6-10,12H,11,13H2,1-5H3. The van der Waals surface area contributed by atoms with Gasteiger partial charge in [0.1, 0.15) is 17.2 Å². The molecule has 1 saturated heterocycles. The zero-order chi connectivity index (χ0) is 19.2. The van der Waals surface area contributed by atoms with Gasteiger partial charge in [0.05, 0.1) is 11.2 Å². The molecule has 3 nitrogen and oxygen atoms in total. The van der Waals surface area contributed by atoms with Crippen molar-refractivity contribution in [1.82, 2.24) is 0 Å². The largest absolute Gasteiger partial charge is 0.495 e. The fraction of sp³-hybridized carbons (Fsp3) is 0.500. The molecular formula is C20H25BBrFO3. The van der Waals surface area contributed by atoms with Gasteiger partial charge in [-0.1, -0.05) is 22.0 Å². The van der Waals surface area contributed by atoms with Crippen molar-refractivity contribution in [1.29, 1.82) is 0 Å². The fourth-order valence-corrected chi connectivity index (χ4v) is 3.35. The van der Waals surface area contributed by atoms with E-state index in [1.54, 1.807) is 19.1 Å². The van der Waals surface area contributed by atoms with E-state index < -0.39 is 12.8 Å². The molecule has 140 valence electrons. The van der Waals surface area contributed by atoms with Gasteiger partial charge in [-0.05, 0) is 76.0 Å². The molecule has 0 amide bonds. The molecule has 26 heavy (non-hydrogen) atoms. The number of benzene rings is 1. The van der Waals surface area contributed by atoms with Crippen molar-refractivity contribution in [3.05, 3.63) is 47.7 Å². The summed E-state index contributed by atoms with van der Waals surface area (Å²) in [6, 6.07) is 5.83. The summed E-state index contributed by atoms with van der Waals surface area (Å²) in [5.74, 6) is 1.36. The second-order valence-corrected chi connectivity index (χ2v) is 8.67. The summed E-state index contributed by atoms with van der Waals surface area (Å²) < 4.78 is 32.0. The first kappa shape index (κ1) is 19.7. The lowest BCUT2D eigenvalue weighted by atomic mass is 9.76. The van der Waals surface area contributed by atoms with Crippen LogP contribution < -0.4 is 10.2 Å². The fourth-order valence-electron chi connectivity index (χ4n) is 2.87. The van der Waals surface area contributed by atoms with Gasteiger partial charge in [0, 0.05) is 11.8 Å². The van der Waals surface area contributed by atoms with Gasteiger partial charge in [-0.25, -0.2) is 4.39 Å². The maximum absolute atomic E-state index is 13.8. The SMILES string of the molecule is CC1(F)C=CC(Oc2ccc(B3OC(C)(C)C(C)(C)O3)c(CBr)c2)=CC1. The molecule has 1 heterocycles. The molecule has 1 fully saturated rings. The van der Waals surface area contributed by atoms with Crippen LogP contribution in [0.25, 0.3) is 0 Å². The Morgan fingerprint density at radius 1 is 1.15 bits per heavy atom. The highest BCUT2D eigenvalue weighted by atomic mass is 79.9. The first-order chi connectivity index (χ1) is 12.0. The minimum Gasteiger partial charge on any atom is -0.458 e. The van der Waals surface area contributed by atoms with E-state index in [1.807, 2.05) is 45.9 Å². The van der Waals surface area contributed by atoms with Crippen LogP contribution in [0.15, 0.2) is 42.2 Å². The summed E-state index contributed by atoms with van der Waals surface area (Å²) in [6.07, 6.45) is 5.30. The number of rotatable bonds is 4. The average molecular weight is 423 g/mol. The normalized spacial score (nSPS) is 26.7. The highest BCUT2D eigenvalue weighted by Crippen LogP contribution is 2.37. The van der Waals surface area contributed by atoms with Crippen molar-refractivity contribution in [2.24, 2.45) is 0 Å². The molecule has 1 unspecified atom stereocenters. The van der Waals surface area contributed by atoms with Gasteiger partial charge in [0.25, 0.3) is 0 Å². The van der Waals surface area contributed by atoms with Crippen LogP contribution in [-0.2, 0) is 14.6 Å². The minimum atomic E-state index is -1.30. The van der Waals surface area contributed by atoms with Crippen LogP contribution in [-0.4, -0.2) is 24.0 Å². The molecular weight excluding hydrogens is 398 g/mol. The summed E-state index contributed by atoms with van der Waals surface area (Å²) in [7, 11) is -0.414. The van der Waals surface area contributed by atoms with Crippen molar-refractivity contribution in [3.63, 3.8) is 0 Å². The van der Waals surface area contributed by atoms with Crippen LogP contribution >= 0.6 is 15.9 Å². The summed E-state index contributed by atoms with van der Waals surface area (Å²) in [6.45, 7) is 9.72. The van der Waals surface area contributed by atoms with Crippen molar-refractivity contribution < 1.29 is 18.4 Å². The van der Waals surface area contributed by atoms with Gasteiger partial charge in [-0.2, -0.15) is 0 Å². The first-order valence-electron chi connectivity index (χ1n) is 8.84. The van der Waals surface area contributed by atoms with Gasteiger partial charge < -0.3 is 14.0 Å². The van der Waals surface area contributed by atoms with Gasteiger partial charge in [0.2, 0.25) is 0 Å². The van der Waals surface area contributed by atoms with Crippen LogP contribution in [0.5, 0.6) is 5.75 Å². The highest BCUT2D eigenvalue weighted by molar-refractivity contribution is 9.08. The Balaban J connectivity index is 1.79. The molecule has 0 radical (unpaired) electrons. The van der Waals surface area contributed by atoms with Crippen LogP contribution in [0.1, 0.15) is 46.6 Å². The summed E-state index contributed by atoms with van der Waals surface area (Å²) >= 11 is 3.54. The number of halogens is 2. The van der Waals surface area contributed by atoms with Crippen LogP contribution in [0.4, 0.5) is 4.39 Å². The Labute approximate surface area is 163 Å². The second kappa shape index (κ2) is 6.81. The number of hydrogen-bond acceptors (Lipinski definition) is 3. The van der Waals surface area contributed by atoms with E-state index in [2.05, 4.69) is 15.9 Å². The number of ether oxygens (including phenoxy) is 1. The van der Waals surface area contributed by atoms with E-state index >= 15 is 0 Å². The highest BCUT2D eigenvalue weighted by Gasteiger charge is 2.52. The monoisotopic (exact) mass is 422 g/mol. The Morgan fingerprint density at radius 3 is 2.35 bits per heavy atom. The topological polar surface area (TPSA) is 27.7 Å². The quantitative estimate of drug-likeness (QED) is 0.513. The summed E-state index contributed by atoms with van der Waals surface area (Å²) in [5.41, 5.74) is -0.0384. The maximum atomic E-state index is 13.8. The predicted octanol–water partition coefficient (Wildman–Crippen LogP) is 4.83. The van der Waals surface area contributed by atoms with Crippen LogP contribution in [0.3, 0.4) is 0 Å². The number of alkyl halides is 2. The molecule has 1 atom stereocenters. The molecule has 1 aliphatic heterocycles. The third-order valence-electron chi connectivity index (χ3n) is 5.30. The van der Waals surface area contributed by atoms with Crippen molar-refractivity contribution in [3.8, 4) is 5.75 Å². The van der Waals surface area contributed by atoms with Gasteiger partial charge >= 0.3 is 7.12 Å². The molecule has 0 bridgehead atoms. The van der Waals surface area contributed by atoms with Crippen molar-refractivity contribution in [2.45, 2.75) is 63.2 Å². The van der Waals surface area contributed by atoms with Crippen molar-refractivity contribution >= 4 is 28.5 Å². The summed E-state index contributed by atoms with van der Waals surface area (Å²) in [5, 5.41) is 0.654. The lowest BCUT2D eigenvalue weighted by Gasteiger charge is -2.32. The van der Waals surface area contributed by atoms with E-state index in [0.29, 0.717) is 23.3 Å². The molecule has 0 spiro atoms. The molecule has 3 rings (SSSR count). The third-order valence-corrected chi connectivity index (χ3v) is 5.90. The zero-order valence-corrected chi connectivity index (χ0v) is 17.5. The lowest BCUT2D eigenvalue weighted by molar-refractivity contribution is 0.00578. The van der Waals surface area contributed by atoms with Crippen LogP contribution in [0, 0.1) is 0 Å². The van der Waals surface area contributed by atoms with Gasteiger partial charge in [0.15, 0.2) is 0 Å². The molecule has 1 aromatic carbocycles. The second-order valence-electron chi connectivity index (χ2n) is 8.11. The number of allylic oxidation sites excluding steroid dienone is 3. The van der Waals surface area contributed by atoms with Crippen LogP contribution in [0.2, 0.25) is 0 Å². The Kier molecular flexibility index (Phi) is 5.14. The molecule has 0 saturated carbocycles. The molecule has 1 aromatic rings. The first-order valence-corrected chi connectivity index (χ1v) is 9.96. The smallest absolute Gasteiger partial charge is 0.458 e. The van der Waals surface area contributed by atoms with E-state index in [1.165, 1.54) is 6.08 Å². The number of hydrogen-bond donors (Lipinski definition) is 0. The van der Waals surface area contributed by atoms with E-state index in [0.717, 1.165) is 11.0 Å². The molecule has 0 aromatic heterocycles. The Morgan fingerprint density at radius 2 is 1.81 bits per heavy atom. The average Bonchev–Trinajstić information content (AvgIpc) is 2.77. The zero-order valence-electron chi connectivity index (χ0n) is 15.9. The van der Waals surface area contributed by atoms with E-state index in [4.69, 9.17) is 14.0 Å². The van der Waals surface area contributed by atoms with E-state index in [9.17, 15) is 4.39 Å². The van der Waals surface area contributed by atoms with Crippen molar-refractivity contribution in [2.75, 3.05) is 0 Å².